The molecular formula is C13H6Cl4N2O3. The third kappa shape index (κ3) is 3.62. The Labute approximate surface area is 144 Å². The number of carbonyl (C=O) groups is 1. The number of benzene rings is 2. The van der Waals surface area contributed by atoms with E-state index in [1.807, 2.05) is 0 Å². The van der Waals surface area contributed by atoms with Gasteiger partial charge in [-0.1, -0.05) is 46.4 Å². The Bertz CT molecular complexity index is 780. The number of hydrogen-bond acceptors (Lipinski definition) is 3. The summed E-state index contributed by atoms with van der Waals surface area (Å²) in [6.45, 7) is 0. The van der Waals surface area contributed by atoms with Crippen molar-refractivity contribution in [1.29, 1.82) is 0 Å². The number of nitro groups is 1. The Hall–Kier alpha value is -1.53. The monoisotopic (exact) mass is 378 g/mol. The number of nitrogens with one attached hydrogen (secondary N) is 1. The van der Waals surface area contributed by atoms with Gasteiger partial charge in [0.2, 0.25) is 0 Å². The van der Waals surface area contributed by atoms with Crippen molar-refractivity contribution in [3.05, 3.63) is 66.1 Å². The summed E-state index contributed by atoms with van der Waals surface area (Å²) in [6, 6.07) is 6.63. The molecule has 0 saturated heterocycles. The van der Waals surface area contributed by atoms with E-state index in [4.69, 9.17) is 46.4 Å². The average molecular weight is 380 g/mol. The molecule has 0 aromatic heterocycles. The van der Waals surface area contributed by atoms with Crippen molar-refractivity contribution in [1.82, 2.24) is 0 Å². The molecule has 114 valence electrons. The van der Waals surface area contributed by atoms with Gasteiger partial charge in [-0.2, -0.15) is 0 Å². The van der Waals surface area contributed by atoms with E-state index in [0.29, 0.717) is 5.02 Å². The number of rotatable bonds is 3. The highest BCUT2D eigenvalue weighted by molar-refractivity contribution is 6.39. The summed E-state index contributed by atoms with van der Waals surface area (Å²) in [7, 11) is 0. The van der Waals surface area contributed by atoms with E-state index < -0.39 is 16.5 Å². The number of nitrogens with zero attached hydrogens (tertiary/aromatic N) is 1. The molecule has 0 aliphatic heterocycles. The lowest BCUT2D eigenvalue weighted by Gasteiger charge is -2.09. The lowest BCUT2D eigenvalue weighted by molar-refractivity contribution is -0.383. The third-order valence-corrected chi connectivity index (χ3v) is 3.71. The summed E-state index contributed by atoms with van der Waals surface area (Å²) >= 11 is 23.3. The molecule has 1 N–H and O–H groups in total. The second-order valence-electron chi connectivity index (χ2n) is 4.12. The molecule has 2 aromatic rings. The molecule has 0 atom stereocenters. The van der Waals surface area contributed by atoms with Crippen molar-refractivity contribution in [3.8, 4) is 0 Å². The molecule has 0 saturated carbocycles. The summed E-state index contributed by atoms with van der Waals surface area (Å²) in [4.78, 5) is 22.6. The van der Waals surface area contributed by atoms with Gasteiger partial charge in [-0.3, -0.25) is 14.9 Å². The molecular weight excluding hydrogens is 374 g/mol. The number of halogens is 4. The van der Waals surface area contributed by atoms with Gasteiger partial charge in [0.05, 0.1) is 20.5 Å². The van der Waals surface area contributed by atoms with Crippen LogP contribution in [-0.4, -0.2) is 10.8 Å². The largest absolute Gasteiger partial charge is 0.315 e. The molecule has 0 spiro atoms. The predicted octanol–water partition coefficient (Wildman–Crippen LogP) is 5.46. The first-order chi connectivity index (χ1) is 10.3. The Morgan fingerprint density at radius 3 is 2.23 bits per heavy atom. The van der Waals surface area contributed by atoms with E-state index in [-0.39, 0.29) is 26.3 Å². The van der Waals surface area contributed by atoms with E-state index in [2.05, 4.69) is 5.32 Å². The normalized spacial score (nSPS) is 10.4. The van der Waals surface area contributed by atoms with Crippen LogP contribution in [0.25, 0.3) is 0 Å². The van der Waals surface area contributed by atoms with Crippen LogP contribution >= 0.6 is 46.4 Å². The average Bonchev–Trinajstić information content (AvgIpc) is 2.40. The minimum absolute atomic E-state index is 0.0577. The molecule has 0 radical (unpaired) electrons. The highest BCUT2D eigenvalue weighted by Crippen LogP contribution is 2.36. The zero-order valence-corrected chi connectivity index (χ0v) is 13.6. The highest BCUT2D eigenvalue weighted by atomic mass is 35.5. The van der Waals surface area contributed by atoms with Crippen molar-refractivity contribution in [2.45, 2.75) is 0 Å². The summed E-state index contributed by atoms with van der Waals surface area (Å²) in [5, 5.41) is 13.9. The fraction of sp³-hybridized carbons (Fsp3) is 0. The van der Waals surface area contributed by atoms with Gasteiger partial charge in [-0.25, -0.2) is 0 Å². The molecule has 0 heterocycles. The van der Waals surface area contributed by atoms with Crippen LogP contribution in [-0.2, 0) is 0 Å². The molecule has 2 rings (SSSR count). The minimum atomic E-state index is -0.698. The minimum Gasteiger partial charge on any atom is -0.315 e. The Kier molecular flexibility index (Phi) is 5.13. The van der Waals surface area contributed by atoms with E-state index in [0.717, 1.165) is 6.07 Å². The number of amides is 1. The first kappa shape index (κ1) is 16.8. The summed E-state index contributed by atoms with van der Waals surface area (Å²) in [5.41, 5.74) is -0.477. The van der Waals surface area contributed by atoms with Crippen LogP contribution in [0.4, 0.5) is 11.4 Å². The number of nitro benzene ring substituents is 1. The second kappa shape index (κ2) is 6.71. The number of hydrogen-bond donors (Lipinski definition) is 1. The maximum Gasteiger partial charge on any atom is 0.295 e. The van der Waals surface area contributed by atoms with Crippen LogP contribution in [0.2, 0.25) is 20.1 Å². The molecule has 0 fully saturated rings. The summed E-state index contributed by atoms with van der Waals surface area (Å²) in [5.74, 6) is -0.658. The van der Waals surface area contributed by atoms with E-state index >= 15 is 0 Å². The van der Waals surface area contributed by atoms with Crippen LogP contribution < -0.4 is 5.32 Å². The quantitative estimate of drug-likeness (QED) is 0.568. The zero-order valence-electron chi connectivity index (χ0n) is 10.6. The molecule has 22 heavy (non-hydrogen) atoms. The van der Waals surface area contributed by atoms with Crippen molar-refractivity contribution >= 4 is 63.7 Å². The van der Waals surface area contributed by atoms with Crippen LogP contribution in [0.1, 0.15) is 10.4 Å². The Morgan fingerprint density at radius 1 is 1.00 bits per heavy atom. The van der Waals surface area contributed by atoms with E-state index in [9.17, 15) is 14.9 Å². The van der Waals surface area contributed by atoms with E-state index in [1.54, 1.807) is 0 Å². The maximum absolute atomic E-state index is 12.2. The number of carbonyl (C=O) groups excluding carboxylic acids is 1. The van der Waals surface area contributed by atoms with Gasteiger partial charge >= 0.3 is 0 Å². The fourth-order valence-electron chi connectivity index (χ4n) is 1.68. The topological polar surface area (TPSA) is 72.2 Å². The zero-order chi connectivity index (χ0) is 16.4. The predicted molar refractivity (Wildman–Crippen MR) is 87.5 cm³/mol. The van der Waals surface area contributed by atoms with Gasteiger partial charge in [-0.15, -0.1) is 0 Å². The molecule has 0 aliphatic rings. The van der Waals surface area contributed by atoms with Gasteiger partial charge in [0.1, 0.15) is 5.69 Å². The SMILES string of the molecule is O=C(Nc1c(Cl)cc(Cl)cc1[N+](=O)[O-])c1ccc(Cl)cc1Cl. The van der Waals surface area contributed by atoms with Crippen molar-refractivity contribution in [2.75, 3.05) is 5.32 Å². The molecule has 0 aliphatic carbocycles. The first-order valence-electron chi connectivity index (χ1n) is 5.69. The van der Waals surface area contributed by atoms with Gasteiger partial charge in [0, 0.05) is 16.1 Å². The molecule has 0 unspecified atom stereocenters. The Morgan fingerprint density at radius 2 is 1.64 bits per heavy atom. The molecule has 0 bridgehead atoms. The van der Waals surface area contributed by atoms with Gasteiger partial charge in [-0.05, 0) is 24.3 Å². The molecule has 2 aromatic carbocycles. The summed E-state index contributed by atoms with van der Waals surface area (Å²) in [6.07, 6.45) is 0. The molecule has 1 amide bonds. The first-order valence-corrected chi connectivity index (χ1v) is 7.20. The third-order valence-electron chi connectivity index (χ3n) is 2.65. The van der Waals surface area contributed by atoms with Gasteiger partial charge < -0.3 is 5.32 Å². The van der Waals surface area contributed by atoms with Crippen molar-refractivity contribution in [2.24, 2.45) is 0 Å². The Balaban J connectivity index is 2.42. The van der Waals surface area contributed by atoms with Crippen LogP contribution in [0.3, 0.4) is 0 Å². The maximum atomic E-state index is 12.2. The van der Waals surface area contributed by atoms with Crippen LogP contribution in [0.15, 0.2) is 30.3 Å². The highest BCUT2D eigenvalue weighted by Gasteiger charge is 2.22. The number of anilines is 1. The standard InChI is InChI=1S/C13H6Cl4N2O3/c14-6-1-2-8(9(16)3-6)13(20)18-12-10(17)4-7(15)5-11(12)19(21)22/h1-5H,(H,18,20). The molecule has 5 nitrogen and oxygen atoms in total. The summed E-state index contributed by atoms with van der Waals surface area (Å²) < 4.78 is 0. The lowest BCUT2D eigenvalue weighted by atomic mass is 10.2. The van der Waals surface area contributed by atoms with Crippen molar-refractivity contribution in [3.63, 3.8) is 0 Å². The second-order valence-corrected chi connectivity index (χ2v) is 5.80. The van der Waals surface area contributed by atoms with Gasteiger partial charge in [0.15, 0.2) is 0 Å². The van der Waals surface area contributed by atoms with E-state index in [1.165, 1.54) is 24.3 Å². The van der Waals surface area contributed by atoms with Crippen molar-refractivity contribution < 1.29 is 9.72 Å². The van der Waals surface area contributed by atoms with Gasteiger partial charge in [0.25, 0.3) is 11.6 Å². The fourth-order valence-corrected chi connectivity index (χ4v) is 2.71. The van der Waals surface area contributed by atoms with Crippen LogP contribution in [0, 0.1) is 10.1 Å². The molecule has 9 heteroatoms. The smallest absolute Gasteiger partial charge is 0.295 e. The lowest BCUT2D eigenvalue weighted by Crippen LogP contribution is -2.14. The van der Waals surface area contributed by atoms with Crippen LogP contribution in [0.5, 0.6) is 0 Å².